The van der Waals surface area contributed by atoms with Crippen LogP contribution in [0.5, 0.6) is 0 Å². The lowest BCUT2D eigenvalue weighted by Crippen LogP contribution is -2.11. The SMILES string of the molecule is Cc1n[nH]c(C)c1NCc1csc(C(C)(C)C)n1. The summed E-state index contributed by atoms with van der Waals surface area (Å²) in [5, 5.41) is 13.8. The Balaban J connectivity index is 2.05. The van der Waals surface area contributed by atoms with Crippen molar-refractivity contribution in [3.63, 3.8) is 0 Å². The highest BCUT2D eigenvalue weighted by Gasteiger charge is 2.18. The van der Waals surface area contributed by atoms with Crippen LogP contribution >= 0.6 is 11.3 Å². The van der Waals surface area contributed by atoms with Crippen LogP contribution < -0.4 is 5.32 Å². The number of anilines is 1. The maximum Gasteiger partial charge on any atom is 0.0982 e. The predicted octanol–water partition coefficient (Wildman–Crippen LogP) is 3.39. The fraction of sp³-hybridized carbons (Fsp3) is 0.538. The third kappa shape index (κ3) is 2.72. The van der Waals surface area contributed by atoms with Gasteiger partial charge in [-0.1, -0.05) is 20.8 Å². The van der Waals surface area contributed by atoms with Crippen molar-refractivity contribution in [3.8, 4) is 0 Å². The van der Waals surface area contributed by atoms with Crippen LogP contribution in [0.2, 0.25) is 0 Å². The minimum absolute atomic E-state index is 0.129. The van der Waals surface area contributed by atoms with Crippen molar-refractivity contribution in [2.45, 2.75) is 46.6 Å². The lowest BCUT2D eigenvalue weighted by atomic mass is 9.98. The Hall–Kier alpha value is -1.36. The van der Waals surface area contributed by atoms with Crippen LogP contribution in [-0.2, 0) is 12.0 Å². The summed E-state index contributed by atoms with van der Waals surface area (Å²) in [4.78, 5) is 4.67. The van der Waals surface area contributed by atoms with Crippen molar-refractivity contribution in [2.75, 3.05) is 5.32 Å². The van der Waals surface area contributed by atoms with E-state index in [0.29, 0.717) is 0 Å². The zero-order valence-electron chi connectivity index (χ0n) is 11.6. The molecule has 0 aliphatic rings. The molecule has 0 aliphatic heterocycles. The number of nitrogens with zero attached hydrogens (tertiary/aromatic N) is 2. The summed E-state index contributed by atoms with van der Waals surface area (Å²) in [5.41, 5.74) is 4.37. The van der Waals surface area contributed by atoms with Gasteiger partial charge in [-0.05, 0) is 13.8 Å². The molecule has 2 rings (SSSR count). The standard InChI is InChI=1S/C13H20N4S/c1-8-11(9(2)17-16-8)14-6-10-7-18-12(15-10)13(3,4)5/h7,14H,6H2,1-5H3,(H,16,17). The van der Waals surface area contributed by atoms with E-state index in [9.17, 15) is 0 Å². The van der Waals surface area contributed by atoms with Gasteiger partial charge in [0, 0.05) is 10.8 Å². The van der Waals surface area contributed by atoms with Gasteiger partial charge in [-0.15, -0.1) is 11.3 Å². The Morgan fingerprint density at radius 2 is 2.06 bits per heavy atom. The minimum Gasteiger partial charge on any atom is -0.376 e. The number of aromatic nitrogens is 3. The minimum atomic E-state index is 0.129. The molecular formula is C13H20N4S. The molecule has 0 atom stereocenters. The van der Waals surface area contributed by atoms with E-state index in [1.165, 1.54) is 5.01 Å². The summed E-state index contributed by atoms with van der Waals surface area (Å²) in [6.07, 6.45) is 0. The molecule has 98 valence electrons. The Kier molecular flexibility index (Phi) is 3.43. The molecule has 0 saturated heterocycles. The molecule has 2 N–H and O–H groups in total. The fourth-order valence-electron chi connectivity index (χ4n) is 1.72. The molecule has 2 aromatic rings. The normalized spacial score (nSPS) is 11.8. The molecule has 0 fully saturated rings. The van der Waals surface area contributed by atoms with Crippen molar-refractivity contribution in [1.82, 2.24) is 15.2 Å². The molecule has 0 bridgehead atoms. The Bertz CT molecular complexity index is 514. The van der Waals surface area contributed by atoms with Crippen LogP contribution in [0, 0.1) is 13.8 Å². The second-order valence-corrected chi connectivity index (χ2v) is 6.41. The van der Waals surface area contributed by atoms with E-state index in [0.717, 1.165) is 29.3 Å². The summed E-state index contributed by atoms with van der Waals surface area (Å²) in [5.74, 6) is 0. The number of hydrogen-bond acceptors (Lipinski definition) is 4. The quantitative estimate of drug-likeness (QED) is 0.893. The summed E-state index contributed by atoms with van der Waals surface area (Å²) < 4.78 is 0. The van der Waals surface area contributed by atoms with Crippen molar-refractivity contribution in [1.29, 1.82) is 0 Å². The van der Waals surface area contributed by atoms with Gasteiger partial charge < -0.3 is 5.32 Å². The van der Waals surface area contributed by atoms with Crippen molar-refractivity contribution in [3.05, 3.63) is 27.5 Å². The molecule has 2 aromatic heterocycles. The molecule has 0 amide bonds. The highest BCUT2D eigenvalue weighted by molar-refractivity contribution is 7.09. The first kappa shape index (κ1) is 13.1. The van der Waals surface area contributed by atoms with Gasteiger partial charge in [0.1, 0.15) is 0 Å². The third-order valence-electron chi connectivity index (χ3n) is 2.77. The first-order valence-electron chi connectivity index (χ1n) is 6.08. The van der Waals surface area contributed by atoms with E-state index in [1.807, 2.05) is 13.8 Å². The first-order chi connectivity index (χ1) is 8.38. The van der Waals surface area contributed by atoms with E-state index >= 15 is 0 Å². The lowest BCUT2D eigenvalue weighted by Gasteiger charge is -2.13. The highest BCUT2D eigenvalue weighted by Crippen LogP contribution is 2.26. The monoisotopic (exact) mass is 264 g/mol. The molecule has 18 heavy (non-hydrogen) atoms. The first-order valence-corrected chi connectivity index (χ1v) is 6.96. The van der Waals surface area contributed by atoms with E-state index < -0.39 is 0 Å². The van der Waals surface area contributed by atoms with E-state index in [4.69, 9.17) is 0 Å². The number of H-pyrrole nitrogens is 1. The number of thiazole rings is 1. The maximum atomic E-state index is 4.67. The lowest BCUT2D eigenvalue weighted by molar-refractivity contribution is 0.583. The molecule has 0 aromatic carbocycles. The average molecular weight is 264 g/mol. The van der Waals surface area contributed by atoms with E-state index in [2.05, 4.69) is 46.6 Å². The predicted molar refractivity (Wildman–Crippen MR) is 76.2 cm³/mol. The number of rotatable bonds is 3. The van der Waals surface area contributed by atoms with Crippen LogP contribution in [0.25, 0.3) is 0 Å². The summed E-state index contributed by atoms with van der Waals surface area (Å²) in [6.45, 7) is 11.3. The second kappa shape index (κ2) is 4.72. The van der Waals surface area contributed by atoms with Crippen LogP contribution in [-0.4, -0.2) is 15.2 Å². The fourth-order valence-corrected chi connectivity index (χ4v) is 2.63. The van der Waals surface area contributed by atoms with E-state index in [1.54, 1.807) is 11.3 Å². The molecule has 0 aliphatic carbocycles. The third-order valence-corrected chi connectivity index (χ3v) is 4.08. The summed E-state index contributed by atoms with van der Waals surface area (Å²) >= 11 is 1.73. The van der Waals surface area contributed by atoms with Gasteiger partial charge >= 0.3 is 0 Å². The largest absolute Gasteiger partial charge is 0.376 e. The van der Waals surface area contributed by atoms with Gasteiger partial charge in [0.2, 0.25) is 0 Å². The van der Waals surface area contributed by atoms with Crippen molar-refractivity contribution >= 4 is 17.0 Å². The molecule has 0 spiro atoms. The van der Waals surface area contributed by atoms with Gasteiger partial charge in [-0.3, -0.25) is 5.10 Å². The van der Waals surface area contributed by atoms with Gasteiger partial charge in [0.05, 0.1) is 34.3 Å². The summed E-state index contributed by atoms with van der Waals surface area (Å²) in [6, 6.07) is 0. The summed E-state index contributed by atoms with van der Waals surface area (Å²) in [7, 11) is 0. The number of aromatic amines is 1. The Morgan fingerprint density at radius 1 is 1.33 bits per heavy atom. The van der Waals surface area contributed by atoms with Gasteiger partial charge in [-0.25, -0.2) is 4.98 Å². The molecule has 0 saturated carbocycles. The van der Waals surface area contributed by atoms with E-state index in [-0.39, 0.29) is 5.41 Å². The maximum absolute atomic E-state index is 4.67. The van der Waals surface area contributed by atoms with Gasteiger partial charge in [-0.2, -0.15) is 5.10 Å². The van der Waals surface area contributed by atoms with Crippen LogP contribution in [0.4, 0.5) is 5.69 Å². The van der Waals surface area contributed by atoms with Crippen molar-refractivity contribution < 1.29 is 0 Å². The Labute approximate surface area is 112 Å². The zero-order chi connectivity index (χ0) is 13.3. The highest BCUT2D eigenvalue weighted by atomic mass is 32.1. The molecule has 4 nitrogen and oxygen atoms in total. The topological polar surface area (TPSA) is 53.6 Å². The molecular weight excluding hydrogens is 244 g/mol. The van der Waals surface area contributed by atoms with Crippen LogP contribution in [0.3, 0.4) is 0 Å². The van der Waals surface area contributed by atoms with Crippen LogP contribution in [0.1, 0.15) is 42.9 Å². The number of nitrogens with one attached hydrogen (secondary N) is 2. The molecule has 0 unspecified atom stereocenters. The molecule has 2 heterocycles. The van der Waals surface area contributed by atoms with Gasteiger partial charge in [0.15, 0.2) is 0 Å². The number of aryl methyl sites for hydroxylation is 2. The van der Waals surface area contributed by atoms with Gasteiger partial charge in [0.25, 0.3) is 0 Å². The molecule has 0 radical (unpaired) electrons. The van der Waals surface area contributed by atoms with Crippen LogP contribution in [0.15, 0.2) is 5.38 Å². The van der Waals surface area contributed by atoms with Crippen molar-refractivity contribution in [2.24, 2.45) is 0 Å². The average Bonchev–Trinajstić information content (AvgIpc) is 2.84. The Morgan fingerprint density at radius 3 is 2.56 bits per heavy atom. The second-order valence-electron chi connectivity index (χ2n) is 5.56. The molecule has 5 heteroatoms. The number of hydrogen-bond donors (Lipinski definition) is 2. The zero-order valence-corrected chi connectivity index (χ0v) is 12.4. The smallest absolute Gasteiger partial charge is 0.0982 e.